The van der Waals surface area contributed by atoms with E-state index in [-0.39, 0.29) is 63.0 Å². The number of hydrogen-bond donors (Lipinski definition) is 16. The highest BCUT2D eigenvalue weighted by Crippen LogP contribution is 2.10. The van der Waals surface area contributed by atoms with Crippen LogP contribution in [0.4, 0.5) is 0 Å². The third kappa shape index (κ3) is 23.5. The highest BCUT2D eigenvalue weighted by Gasteiger charge is 2.32. The Morgan fingerprint density at radius 2 is 1.03 bits per heavy atom. The lowest BCUT2D eigenvalue weighted by molar-refractivity contribution is -0.144. The van der Waals surface area contributed by atoms with Crippen molar-refractivity contribution in [1.29, 1.82) is 10.8 Å². The number of carboxylic acids is 2. The van der Waals surface area contributed by atoms with Crippen LogP contribution >= 0.6 is 0 Å². The molecule has 0 aromatic heterocycles. The Hall–Kier alpha value is -6.27. The topological polar surface area (TPSA) is 428 Å². The maximum absolute atomic E-state index is 13.3. The van der Waals surface area contributed by atoms with Crippen LogP contribution in [0.1, 0.15) is 72.6 Å². The fourth-order valence-corrected chi connectivity index (χ4v) is 5.22. The highest BCUT2D eigenvalue weighted by molar-refractivity contribution is 5.97. The van der Waals surface area contributed by atoms with Gasteiger partial charge in [0, 0.05) is 13.1 Å². The molecular weight excluding hydrogens is 780 g/mol. The molecule has 6 atom stereocenters. The molecule has 19 N–H and O–H groups in total. The summed E-state index contributed by atoms with van der Waals surface area (Å²) in [6.07, 6.45) is 0.0677. The number of nitrogens with one attached hydrogen (secondary N) is 11. The number of carbonyl (C=O) groups excluding carboxylic acids is 7. The molecule has 0 saturated heterocycles. The average Bonchev–Trinajstić information content (AvgIpc) is 3.15. The van der Waals surface area contributed by atoms with E-state index in [1.807, 2.05) is 0 Å². The van der Waals surface area contributed by atoms with Gasteiger partial charge in [-0.3, -0.25) is 49.2 Å². The van der Waals surface area contributed by atoms with E-state index in [0.29, 0.717) is 6.42 Å². The number of guanidine groups is 2. The summed E-state index contributed by atoms with van der Waals surface area (Å²) < 4.78 is 0. The summed E-state index contributed by atoms with van der Waals surface area (Å²) in [7, 11) is 0. The second-order valence-corrected chi connectivity index (χ2v) is 14.0. The smallest absolute Gasteiger partial charge is 0.326 e. The van der Waals surface area contributed by atoms with Crippen LogP contribution in [-0.2, 0) is 43.2 Å². The van der Waals surface area contributed by atoms with Gasteiger partial charge >= 0.3 is 11.9 Å². The first-order chi connectivity index (χ1) is 27.6. The molecule has 0 saturated carbocycles. The Labute approximate surface area is 341 Å². The average molecular weight is 843 g/mol. The quantitative estimate of drug-likeness (QED) is 0.0190. The van der Waals surface area contributed by atoms with Crippen LogP contribution in [0.3, 0.4) is 0 Å². The van der Waals surface area contributed by atoms with Crippen molar-refractivity contribution >= 4 is 65.2 Å². The summed E-state index contributed by atoms with van der Waals surface area (Å²) >= 11 is 0. The van der Waals surface area contributed by atoms with Crippen molar-refractivity contribution < 1.29 is 53.4 Å². The molecule has 25 nitrogen and oxygen atoms in total. The fourth-order valence-electron chi connectivity index (χ4n) is 5.22. The van der Waals surface area contributed by atoms with Crippen LogP contribution in [0.5, 0.6) is 0 Å². The van der Waals surface area contributed by atoms with Gasteiger partial charge in [0.2, 0.25) is 41.4 Å². The maximum Gasteiger partial charge on any atom is 0.326 e. The normalized spacial score (nSPS) is 13.7. The summed E-state index contributed by atoms with van der Waals surface area (Å²) in [5.74, 6) is -10.1. The van der Waals surface area contributed by atoms with Crippen molar-refractivity contribution in [2.45, 2.75) is 103 Å². The minimum atomic E-state index is -1.73. The number of rotatable bonds is 29. The molecule has 0 bridgehead atoms. The van der Waals surface area contributed by atoms with Gasteiger partial charge in [-0.15, -0.1) is 0 Å². The van der Waals surface area contributed by atoms with Gasteiger partial charge in [0.25, 0.3) is 0 Å². The van der Waals surface area contributed by atoms with Crippen molar-refractivity contribution in [3.05, 3.63) is 0 Å². The zero-order valence-corrected chi connectivity index (χ0v) is 33.8. The predicted octanol–water partition coefficient (Wildman–Crippen LogP) is -5.22. The molecule has 0 spiro atoms. The first-order valence-corrected chi connectivity index (χ1v) is 19.0. The molecule has 0 unspecified atom stereocenters. The molecular formula is C34H62N14O11. The zero-order chi connectivity index (χ0) is 45.2. The van der Waals surface area contributed by atoms with Gasteiger partial charge in [0.05, 0.1) is 26.1 Å². The molecule has 0 aliphatic carbocycles. The largest absolute Gasteiger partial charge is 0.481 e. The van der Waals surface area contributed by atoms with E-state index >= 15 is 0 Å². The van der Waals surface area contributed by atoms with Crippen molar-refractivity contribution in [3.8, 4) is 0 Å². The third-order valence-corrected chi connectivity index (χ3v) is 8.45. The summed E-state index contributed by atoms with van der Waals surface area (Å²) in [4.78, 5) is 114. The Morgan fingerprint density at radius 3 is 1.46 bits per heavy atom. The molecule has 25 heteroatoms. The molecule has 334 valence electrons. The Balaban J connectivity index is 5.74. The number of carboxylic acid groups (broad SMARTS) is 2. The van der Waals surface area contributed by atoms with E-state index in [4.69, 9.17) is 28.0 Å². The van der Waals surface area contributed by atoms with E-state index in [9.17, 15) is 53.4 Å². The number of nitrogens with two attached hydrogens (primary N) is 3. The monoisotopic (exact) mass is 842 g/mol. The maximum atomic E-state index is 13.3. The third-order valence-electron chi connectivity index (χ3n) is 8.45. The molecule has 0 aromatic rings. The summed E-state index contributed by atoms with van der Waals surface area (Å²) in [5, 5.41) is 55.2. The lowest BCUT2D eigenvalue weighted by Crippen LogP contribution is -2.57. The summed E-state index contributed by atoms with van der Waals surface area (Å²) in [6, 6.07) is -6.70. The molecule has 0 rings (SSSR count). The van der Waals surface area contributed by atoms with E-state index in [1.54, 1.807) is 27.7 Å². The van der Waals surface area contributed by atoms with Crippen molar-refractivity contribution in [2.75, 3.05) is 32.7 Å². The second kappa shape index (κ2) is 28.2. The molecule has 0 fully saturated rings. The second-order valence-electron chi connectivity index (χ2n) is 14.0. The van der Waals surface area contributed by atoms with Crippen molar-refractivity contribution in [2.24, 2.45) is 29.0 Å². The van der Waals surface area contributed by atoms with Crippen LogP contribution in [0, 0.1) is 22.7 Å². The van der Waals surface area contributed by atoms with Crippen molar-refractivity contribution in [1.82, 2.24) is 47.9 Å². The number of hydrogen-bond acceptors (Lipinski definition) is 12. The zero-order valence-electron chi connectivity index (χ0n) is 33.8. The van der Waals surface area contributed by atoms with E-state index in [0.717, 1.165) is 0 Å². The SMILES string of the molecule is CC[C@H](C)[C@H](NC(=O)[C@H](CCCNC(=N)N)NC(=O)CNC(=O)[C@H](CC(C)C)NC(=O)[C@H](CC(=O)O)NC(=O)CNC(=O)[C@H](CCCNC(=N)N)NC(=O)CN)C(=O)O. The van der Waals surface area contributed by atoms with Crippen LogP contribution in [0.15, 0.2) is 0 Å². The summed E-state index contributed by atoms with van der Waals surface area (Å²) in [5.41, 5.74) is 15.8. The van der Waals surface area contributed by atoms with Gasteiger partial charge < -0.3 is 75.3 Å². The van der Waals surface area contributed by atoms with E-state index < -0.39 is 115 Å². The molecule has 0 heterocycles. The van der Waals surface area contributed by atoms with Crippen molar-refractivity contribution in [3.63, 3.8) is 0 Å². The lowest BCUT2D eigenvalue weighted by atomic mass is 9.98. The first kappa shape index (κ1) is 52.7. The molecule has 0 aliphatic heterocycles. The predicted molar refractivity (Wildman–Crippen MR) is 212 cm³/mol. The van der Waals surface area contributed by atoms with Gasteiger partial charge in [-0.25, -0.2) is 4.79 Å². The highest BCUT2D eigenvalue weighted by atomic mass is 16.4. The number of carbonyl (C=O) groups is 9. The molecule has 7 amide bonds. The number of amides is 7. The first-order valence-electron chi connectivity index (χ1n) is 19.0. The molecule has 59 heavy (non-hydrogen) atoms. The Kier molecular flexibility index (Phi) is 25.2. The molecule has 0 aromatic carbocycles. The van der Waals surface area contributed by atoms with Crippen LogP contribution in [0.2, 0.25) is 0 Å². The van der Waals surface area contributed by atoms with E-state index in [1.165, 1.54) is 0 Å². The van der Waals surface area contributed by atoms with Gasteiger partial charge in [-0.2, -0.15) is 0 Å². The lowest BCUT2D eigenvalue weighted by Gasteiger charge is -2.25. The Morgan fingerprint density at radius 1 is 0.593 bits per heavy atom. The van der Waals surface area contributed by atoms with Gasteiger partial charge in [-0.05, 0) is 43.9 Å². The van der Waals surface area contributed by atoms with Crippen LogP contribution < -0.4 is 65.1 Å². The van der Waals surface area contributed by atoms with Crippen LogP contribution in [-0.4, -0.2) is 138 Å². The van der Waals surface area contributed by atoms with Gasteiger partial charge in [0.15, 0.2) is 11.9 Å². The standard InChI is InChI=1S/C34H62N14O11/c1-5-18(4)27(32(58)59)48-30(56)20(9-7-11-41-34(38)39)45-24(50)15-43-29(55)21(12-17(2)3)47-31(57)22(13-26(52)53)46-25(51)16-42-28(54)19(44-23(49)14-35)8-6-10-40-33(36)37/h17-22,27H,5-16,35H2,1-4H3,(H,42,54)(H,43,55)(H,44,49)(H,45,50)(H,46,51)(H,47,57)(H,48,56)(H,52,53)(H,58,59)(H4,36,37,40)(H4,38,39,41)/t18-,19-,20-,21-,22-,27-/m0/s1. The van der Waals surface area contributed by atoms with Crippen LogP contribution in [0.25, 0.3) is 0 Å². The Bertz CT molecular complexity index is 1500. The summed E-state index contributed by atoms with van der Waals surface area (Å²) in [6.45, 7) is 5.31. The van der Waals surface area contributed by atoms with Gasteiger partial charge in [0.1, 0.15) is 30.2 Å². The van der Waals surface area contributed by atoms with E-state index in [2.05, 4.69) is 47.9 Å². The minimum Gasteiger partial charge on any atom is -0.481 e. The number of aliphatic carboxylic acids is 2. The fraction of sp³-hybridized carbons (Fsp3) is 0.676. The van der Waals surface area contributed by atoms with Gasteiger partial charge in [-0.1, -0.05) is 34.1 Å². The minimum absolute atomic E-state index is 0.00119. The molecule has 0 radical (unpaired) electrons. The molecule has 0 aliphatic rings.